The van der Waals surface area contributed by atoms with Crippen molar-refractivity contribution in [2.24, 2.45) is 0 Å². The molecule has 0 spiro atoms. The first-order valence-corrected chi connectivity index (χ1v) is 11.4. The maximum absolute atomic E-state index is 13.4. The van der Waals surface area contributed by atoms with Crippen molar-refractivity contribution in [2.75, 3.05) is 0 Å². The third-order valence-corrected chi connectivity index (χ3v) is 6.53. The second kappa shape index (κ2) is 8.27. The number of nitrogens with zero attached hydrogens (tertiary/aromatic N) is 1. The fourth-order valence-corrected chi connectivity index (χ4v) is 4.62. The van der Waals surface area contributed by atoms with Gasteiger partial charge in [-0.15, -0.1) is 0 Å². The zero-order valence-corrected chi connectivity index (χ0v) is 18.7. The average molecular weight is 444 g/mol. The molecule has 0 radical (unpaired) electrons. The molecule has 0 amide bonds. The summed E-state index contributed by atoms with van der Waals surface area (Å²) in [7, 11) is 0. The number of aromatic nitrogens is 1. The molecule has 34 heavy (non-hydrogen) atoms. The van der Waals surface area contributed by atoms with Gasteiger partial charge < -0.3 is 4.42 Å². The second-order valence-corrected chi connectivity index (χ2v) is 8.61. The summed E-state index contributed by atoms with van der Waals surface area (Å²) in [6.45, 7) is 2.22. The fourth-order valence-electron chi connectivity index (χ4n) is 4.62. The van der Waals surface area contributed by atoms with Crippen molar-refractivity contribution < 1.29 is 8.81 Å². The van der Waals surface area contributed by atoms with Gasteiger partial charge in [-0.3, -0.25) is 4.98 Å². The van der Waals surface area contributed by atoms with Gasteiger partial charge in [0.15, 0.2) is 0 Å². The van der Waals surface area contributed by atoms with Crippen LogP contribution in [0.25, 0.3) is 44.3 Å². The zero-order valence-electron chi connectivity index (χ0n) is 18.7. The summed E-state index contributed by atoms with van der Waals surface area (Å²) in [6.07, 6.45) is 1.88. The van der Waals surface area contributed by atoms with E-state index in [1.54, 1.807) is 12.1 Å². The molecule has 0 bridgehead atoms. The lowest BCUT2D eigenvalue weighted by atomic mass is 9.92. The first kappa shape index (κ1) is 20.4. The van der Waals surface area contributed by atoms with Crippen molar-refractivity contribution in [3.8, 4) is 22.4 Å². The first-order valence-electron chi connectivity index (χ1n) is 11.4. The summed E-state index contributed by atoms with van der Waals surface area (Å²) in [6, 6.07) is 33.6. The normalized spacial score (nSPS) is 12.3. The lowest BCUT2D eigenvalue weighted by molar-refractivity contribution is 0.628. The molecular formula is C31H22FNO. The number of hydrogen-bond acceptors (Lipinski definition) is 2. The largest absolute Gasteiger partial charge is 0.455 e. The highest BCUT2D eigenvalue weighted by atomic mass is 19.1. The Hall–Kier alpha value is -4.24. The predicted octanol–water partition coefficient (Wildman–Crippen LogP) is 8.61. The van der Waals surface area contributed by atoms with Crippen LogP contribution in [0, 0.1) is 5.82 Å². The van der Waals surface area contributed by atoms with E-state index in [0.717, 1.165) is 44.3 Å². The van der Waals surface area contributed by atoms with E-state index in [0.29, 0.717) is 0 Å². The molecule has 164 valence electrons. The molecule has 2 aromatic heterocycles. The molecule has 3 heteroatoms. The maximum Gasteiger partial charge on any atom is 0.143 e. The summed E-state index contributed by atoms with van der Waals surface area (Å²) in [4.78, 5) is 4.66. The highest BCUT2D eigenvalue weighted by Gasteiger charge is 2.14. The SMILES string of the molecule is CC(c1ccccc1)c1ccnc(-c2ccc3oc4c(-c5ccc(F)cc5)cccc4c3c2)c1. The number of rotatable bonds is 4. The first-order chi connectivity index (χ1) is 16.7. The van der Waals surface area contributed by atoms with E-state index in [-0.39, 0.29) is 11.7 Å². The number of benzene rings is 4. The van der Waals surface area contributed by atoms with Crippen molar-refractivity contribution >= 4 is 21.9 Å². The minimum absolute atomic E-state index is 0.249. The van der Waals surface area contributed by atoms with Crippen LogP contribution in [0.2, 0.25) is 0 Å². The number of para-hydroxylation sites is 1. The zero-order chi connectivity index (χ0) is 23.1. The van der Waals surface area contributed by atoms with Gasteiger partial charge in [-0.25, -0.2) is 4.39 Å². The van der Waals surface area contributed by atoms with E-state index in [1.807, 2.05) is 30.5 Å². The summed E-state index contributed by atoms with van der Waals surface area (Å²) in [5.74, 6) is 0.0289. The van der Waals surface area contributed by atoms with Crippen LogP contribution in [-0.4, -0.2) is 4.98 Å². The van der Waals surface area contributed by atoms with Crippen molar-refractivity contribution in [3.63, 3.8) is 0 Å². The van der Waals surface area contributed by atoms with E-state index in [4.69, 9.17) is 4.42 Å². The topological polar surface area (TPSA) is 26.0 Å². The smallest absolute Gasteiger partial charge is 0.143 e. The van der Waals surface area contributed by atoms with Gasteiger partial charge in [0.2, 0.25) is 0 Å². The third-order valence-electron chi connectivity index (χ3n) is 6.53. The number of furan rings is 1. The van der Waals surface area contributed by atoms with Crippen LogP contribution in [0.3, 0.4) is 0 Å². The molecule has 1 unspecified atom stereocenters. The molecule has 6 rings (SSSR count). The lowest BCUT2D eigenvalue weighted by Gasteiger charge is -2.13. The Kier molecular flexibility index (Phi) is 4.96. The van der Waals surface area contributed by atoms with Crippen molar-refractivity contribution in [3.05, 3.63) is 126 Å². The Morgan fingerprint density at radius 3 is 2.32 bits per heavy atom. The van der Waals surface area contributed by atoms with Crippen molar-refractivity contribution in [2.45, 2.75) is 12.8 Å². The highest BCUT2D eigenvalue weighted by Crippen LogP contribution is 2.37. The van der Waals surface area contributed by atoms with Crippen LogP contribution in [0.5, 0.6) is 0 Å². The van der Waals surface area contributed by atoms with Gasteiger partial charge in [-0.05, 0) is 59.2 Å². The standard InChI is InChI=1S/C31H22FNO/c1-20(21-6-3-2-4-7-21)23-16-17-33-29(19-23)24-12-15-30-28(18-24)27-9-5-8-26(31(27)34-30)22-10-13-25(32)14-11-22/h2-20H,1H3. The van der Waals surface area contributed by atoms with E-state index in [9.17, 15) is 4.39 Å². The van der Waals surface area contributed by atoms with Gasteiger partial charge in [-0.2, -0.15) is 0 Å². The molecule has 2 nitrogen and oxygen atoms in total. The van der Waals surface area contributed by atoms with Gasteiger partial charge in [0, 0.05) is 34.0 Å². The van der Waals surface area contributed by atoms with Crippen molar-refractivity contribution in [1.82, 2.24) is 4.98 Å². The molecule has 0 N–H and O–H groups in total. The Bertz CT molecular complexity index is 1620. The molecular weight excluding hydrogens is 421 g/mol. The Balaban J connectivity index is 1.44. The average Bonchev–Trinajstić information content (AvgIpc) is 3.27. The molecule has 0 fully saturated rings. The van der Waals surface area contributed by atoms with E-state index >= 15 is 0 Å². The number of pyridine rings is 1. The van der Waals surface area contributed by atoms with Gasteiger partial charge in [0.1, 0.15) is 17.0 Å². The molecule has 0 saturated heterocycles. The lowest BCUT2D eigenvalue weighted by Crippen LogP contribution is -1.97. The monoisotopic (exact) mass is 443 g/mol. The molecule has 0 saturated carbocycles. The van der Waals surface area contributed by atoms with Crippen LogP contribution in [0.4, 0.5) is 4.39 Å². The number of fused-ring (bicyclic) bond motifs is 3. The Morgan fingerprint density at radius 2 is 1.50 bits per heavy atom. The van der Waals surface area contributed by atoms with Crippen molar-refractivity contribution in [1.29, 1.82) is 0 Å². The molecule has 0 aliphatic heterocycles. The summed E-state index contributed by atoms with van der Waals surface area (Å²) in [5.41, 5.74) is 8.00. The summed E-state index contributed by atoms with van der Waals surface area (Å²) >= 11 is 0. The molecule has 4 aromatic carbocycles. The fraction of sp³-hybridized carbons (Fsp3) is 0.0645. The van der Waals surface area contributed by atoms with Gasteiger partial charge >= 0.3 is 0 Å². The maximum atomic E-state index is 13.4. The number of hydrogen-bond donors (Lipinski definition) is 0. The van der Waals surface area contributed by atoms with Gasteiger partial charge in [0.25, 0.3) is 0 Å². The highest BCUT2D eigenvalue weighted by molar-refractivity contribution is 6.10. The van der Waals surface area contributed by atoms with Crippen LogP contribution in [0.15, 0.2) is 114 Å². The summed E-state index contributed by atoms with van der Waals surface area (Å²) in [5, 5.41) is 2.08. The van der Waals surface area contributed by atoms with E-state index in [2.05, 4.69) is 66.5 Å². The quantitative estimate of drug-likeness (QED) is 0.273. The van der Waals surface area contributed by atoms with Crippen LogP contribution < -0.4 is 0 Å². The molecule has 1 atom stereocenters. The number of halogens is 1. The minimum Gasteiger partial charge on any atom is -0.455 e. The van der Waals surface area contributed by atoms with E-state index < -0.39 is 0 Å². The Labute approximate surface area is 197 Å². The predicted molar refractivity (Wildman–Crippen MR) is 136 cm³/mol. The Morgan fingerprint density at radius 1 is 0.706 bits per heavy atom. The molecule has 0 aliphatic carbocycles. The third kappa shape index (κ3) is 3.56. The molecule has 0 aliphatic rings. The van der Waals surface area contributed by atoms with Crippen LogP contribution in [0.1, 0.15) is 24.0 Å². The minimum atomic E-state index is -0.249. The summed E-state index contributed by atoms with van der Waals surface area (Å²) < 4.78 is 19.7. The molecule has 6 aromatic rings. The van der Waals surface area contributed by atoms with Crippen LogP contribution >= 0.6 is 0 Å². The van der Waals surface area contributed by atoms with Crippen LogP contribution in [-0.2, 0) is 0 Å². The van der Waals surface area contributed by atoms with Gasteiger partial charge in [0.05, 0.1) is 5.69 Å². The molecule has 2 heterocycles. The van der Waals surface area contributed by atoms with E-state index in [1.165, 1.54) is 23.3 Å². The second-order valence-electron chi connectivity index (χ2n) is 8.61. The van der Waals surface area contributed by atoms with Gasteiger partial charge in [-0.1, -0.05) is 67.6 Å².